The lowest BCUT2D eigenvalue weighted by Gasteiger charge is -2.05. The van der Waals surface area contributed by atoms with Crippen LogP contribution in [0.1, 0.15) is 13.8 Å². The molecule has 0 unspecified atom stereocenters. The van der Waals surface area contributed by atoms with E-state index in [0.717, 1.165) is 6.26 Å². The molecule has 0 rings (SSSR count). The van der Waals surface area contributed by atoms with Crippen LogP contribution < -0.4 is 5.32 Å². The summed E-state index contributed by atoms with van der Waals surface area (Å²) in [6.07, 6.45) is 0.816. The minimum absolute atomic E-state index is 0.257. The van der Waals surface area contributed by atoms with E-state index in [4.69, 9.17) is 0 Å². The third-order valence-corrected chi connectivity index (χ3v) is 2.32. The fourth-order valence-corrected chi connectivity index (χ4v) is 0.829. The van der Waals surface area contributed by atoms with Crippen LogP contribution in [0.25, 0.3) is 0 Å². The van der Waals surface area contributed by atoms with E-state index >= 15 is 0 Å². The molecule has 0 aliphatic rings. The van der Waals surface area contributed by atoms with E-state index in [-0.39, 0.29) is 11.8 Å². The van der Waals surface area contributed by atoms with Gasteiger partial charge in [0.1, 0.15) is 0 Å². The Balaban J connectivity index is 4.07. The zero-order valence-electron chi connectivity index (χ0n) is 7.83. The lowest BCUT2D eigenvalue weighted by molar-refractivity contribution is -0.125. The van der Waals surface area contributed by atoms with Gasteiger partial charge in [-0.3, -0.25) is 9.59 Å². The first-order chi connectivity index (χ1) is 5.75. The van der Waals surface area contributed by atoms with E-state index in [1.807, 2.05) is 0 Å². The molecule has 5 nitrogen and oxygen atoms in total. The van der Waals surface area contributed by atoms with Gasteiger partial charge < -0.3 is 5.32 Å². The summed E-state index contributed by atoms with van der Waals surface area (Å²) >= 11 is 0. The van der Waals surface area contributed by atoms with Crippen LogP contribution in [0.4, 0.5) is 0 Å². The van der Waals surface area contributed by atoms with Gasteiger partial charge in [-0.15, -0.1) is 0 Å². The number of nitrogens with one attached hydrogen (secondary N) is 1. The van der Waals surface area contributed by atoms with Gasteiger partial charge in [0.05, 0.1) is 6.54 Å². The van der Waals surface area contributed by atoms with Crippen molar-refractivity contribution in [1.82, 2.24) is 5.32 Å². The minimum atomic E-state index is -3.68. The van der Waals surface area contributed by atoms with Crippen LogP contribution in [-0.2, 0) is 19.4 Å². The predicted molar refractivity (Wildman–Crippen MR) is 47.7 cm³/mol. The van der Waals surface area contributed by atoms with Crippen LogP contribution in [0.15, 0.2) is 0 Å². The van der Waals surface area contributed by atoms with Crippen LogP contribution in [0, 0.1) is 5.92 Å². The number of rotatable bonds is 3. The van der Waals surface area contributed by atoms with Crippen LogP contribution in [-0.4, -0.2) is 32.2 Å². The van der Waals surface area contributed by atoms with Crippen molar-refractivity contribution in [3.63, 3.8) is 0 Å². The maximum atomic E-state index is 10.9. The summed E-state index contributed by atoms with van der Waals surface area (Å²) in [5.41, 5.74) is 0. The molecular weight excluding hydrogens is 194 g/mol. The average Bonchev–Trinajstić information content (AvgIpc) is 1.97. The lowest BCUT2D eigenvalue weighted by atomic mass is 10.2. The average molecular weight is 207 g/mol. The Hall–Kier alpha value is -0.910. The second kappa shape index (κ2) is 4.36. The van der Waals surface area contributed by atoms with Gasteiger partial charge in [0.25, 0.3) is 5.12 Å². The zero-order chi connectivity index (χ0) is 10.6. The molecule has 0 aliphatic carbocycles. The van der Waals surface area contributed by atoms with Crippen molar-refractivity contribution in [1.29, 1.82) is 0 Å². The van der Waals surface area contributed by atoms with Gasteiger partial charge in [-0.1, -0.05) is 13.8 Å². The van der Waals surface area contributed by atoms with Crippen molar-refractivity contribution in [2.24, 2.45) is 5.92 Å². The molecule has 0 aromatic rings. The summed E-state index contributed by atoms with van der Waals surface area (Å²) in [5.74, 6) is -0.593. The number of amides is 1. The highest BCUT2D eigenvalue weighted by Gasteiger charge is 2.16. The van der Waals surface area contributed by atoms with Crippen molar-refractivity contribution in [3.05, 3.63) is 0 Å². The first-order valence-electron chi connectivity index (χ1n) is 3.75. The summed E-state index contributed by atoms with van der Waals surface area (Å²) < 4.78 is 21.2. The molecule has 6 heteroatoms. The van der Waals surface area contributed by atoms with E-state index in [9.17, 15) is 18.0 Å². The predicted octanol–water partition coefficient (Wildman–Crippen LogP) is -0.670. The zero-order valence-corrected chi connectivity index (χ0v) is 8.64. The molecule has 0 aliphatic heterocycles. The van der Waals surface area contributed by atoms with E-state index in [2.05, 4.69) is 5.32 Å². The standard InChI is InChI=1S/C7H13NO4S/c1-5(2)7(10)8-4-6(9)13(3,11)12/h5H,4H2,1-3H3,(H,8,10). The summed E-state index contributed by atoms with van der Waals surface area (Å²) in [7, 11) is -3.68. The van der Waals surface area contributed by atoms with Crippen LogP contribution >= 0.6 is 0 Å². The Morgan fingerprint density at radius 3 is 2.08 bits per heavy atom. The maximum absolute atomic E-state index is 10.9. The number of sulfone groups is 1. The largest absolute Gasteiger partial charge is 0.348 e. The van der Waals surface area contributed by atoms with Crippen LogP contribution in [0.3, 0.4) is 0 Å². The summed E-state index contributed by atoms with van der Waals surface area (Å²) in [5, 5.41) is 1.25. The molecule has 0 radical (unpaired) electrons. The Morgan fingerprint density at radius 2 is 1.77 bits per heavy atom. The van der Waals surface area contributed by atoms with E-state index in [1.54, 1.807) is 13.8 Å². The molecule has 13 heavy (non-hydrogen) atoms. The monoisotopic (exact) mass is 207 g/mol. The van der Waals surface area contributed by atoms with E-state index < -0.39 is 21.5 Å². The van der Waals surface area contributed by atoms with Gasteiger partial charge in [0.2, 0.25) is 15.7 Å². The topological polar surface area (TPSA) is 80.3 Å². The number of carbonyl (C=O) groups excluding carboxylic acids is 2. The van der Waals surface area contributed by atoms with Gasteiger partial charge in [-0.05, 0) is 0 Å². The number of hydrogen-bond acceptors (Lipinski definition) is 4. The summed E-state index contributed by atoms with van der Waals surface area (Å²) in [4.78, 5) is 21.7. The highest BCUT2D eigenvalue weighted by molar-refractivity contribution is 8.05. The second-order valence-electron chi connectivity index (χ2n) is 3.02. The summed E-state index contributed by atoms with van der Waals surface area (Å²) in [6, 6.07) is 0. The highest BCUT2D eigenvalue weighted by atomic mass is 32.2. The fourth-order valence-electron chi connectivity index (χ4n) is 0.495. The number of hydrogen-bond donors (Lipinski definition) is 1. The van der Waals surface area contributed by atoms with Crippen molar-refractivity contribution in [2.45, 2.75) is 13.8 Å². The minimum Gasteiger partial charge on any atom is -0.348 e. The quantitative estimate of drug-likeness (QED) is 0.665. The van der Waals surface area contributed by atoms with Crippen molar-refractivity contribution in [2.75, 3.05) is 12.8 Å². The molecule has 1 amide bonds. The van der Waals surface area contributed by atoms with Gasteiger partial charge in [-0.2, -0.15) is 0 Å². The van der Waals surface area contributed by atoms with Gasteiger partial charge in [0, 0.05) is 12.2 Å². The molecule has 0 heterocycles. The fraction of sp³-hybridized carbons (Fsp3) is 0.714. The van der Waals surface area contributed by atoms with Crippen molar-refractivity contribution in [3.8, 4) is 0 Å². The molecule has 0 saturated heterocycles. The molecule has 0 atom stereocenters. The number of carbonyl (C=O) groups is 2. The first-order valence-corrected chi connectivity index (χ1v) is 5.65. The Morgan fingerprint density at radius 1 is 1.31 bits per heavy atom. The molecule has 0 aromatic carbocycles. The Bertz CT molecular complexity index is 304. The van der Waals surface area contributed by atoms with Crippen molar-refractivity contribution >= 4 is 20.9 Å². The molecule has 0 spiro atoms. The van der Waals surface area contributed by atoms with Crippen molar-refractivity contribution < 1.29 is 18.0 Å². The van der Waals surface area contributed by atoms with Crippen LogP contribution in [0.5, 0.6) is 0 Å². The normalized spacial score (nSPS) is 11.4. The molecule has 0 bridgehead atoms. The maximum Gasteiger partial charge on any atom is 0.265 e. The van der Waals surface area contributed by atoms with Gasteiger partial charge >= 0.3 is 0 Å². The molecule has 1 N–H and O–H groups in total. The Labute approximate surface area is 77.4 Å². The molecule has 0 saturated carbocycles. The molecule has 0 aromatic heterocycles. The first kappa shape index (κ1) is 12.1. The highest BCUT2D eigenvalue weighted by Crippen LogP contribution is 1.91. The van der Waals surface area contributed by atoms with Gasteiger partial charge in [0.15, 0.2) is 0 Å². The SMILES string of the molecule is CC(C)C(=O)NCC(=O)S(C)(=O)=O. The molecule has 76 valence electrons. The van der Waals surface area contributed by atoms with Crippen LogP contribution in [0.2, 0.25) is 0 Å². The third-order valence-electron chi connectivity index (χ3n) is 1.34. The summed E-state index contributed by atoms with van der Waals surface area (Å²) in [6.45, 7) is 2.86. The smallest absolute Gasteiger partial charge is 0.265 e. The lowest BCUT2D eigenvalue weighted by Crippen LogP contribution is -2.35. The van der Waals surface area contributed by atoms with Gasteiger partial charge in [-0.25, -0.2) is 8.42 Å². The molecular formula is C7H13NO4S. The Kier molecular flexibility index (Phi) is 4.06. The van der Waals surface area contributed by atoms with E-state index in [1.165, 1.54) is 0 Å². The second-order valence-corrected chi connectivity index (χ2v) is 5.02. The third kappa shape index (κ3) is 4.62. The van der Waals surface area contributed by atoms with E-state index in [0.29, 0.717) is 0 Å². The molecule has 0 fully saturated rings.